The molecule has 0 saturated heterocycles. The fourth-order valence-corrected chi connectivity index (χ4v) is 1.53. The topological polar surface area (TPSA) is 17.8 Å². The number of rotatable bonds is 3. The molecule has 0 aliphatic carbocycles. The second-order valence-electron chi connectivity index (χ2n) is 3.65. The Morgan fingerprint density at radius 1 is 1.67 bits per heavy atom. The summed E-state index contributed by atoms with van der Waals surface area (Å²) < 4.78 is 3.18. The third-order valence-corrected chi connectivity index (χ3v) is 3.63. The van der Waals surface area contributed by atoms with E-state index >= 15 is 0 Å². The van der Waals surface area contributed by atoms with E-state index in [0.717, 1.165) is 11.9 Å². The quantitative estimate of drug-likeness (QED) is 0.610. The van der Waals surface area contributed by atoms with Crippen LogP contribution in [0.25, 0.3) is 0 Å². The number of alkyl halides is 1. The minimum absolute atomic E-state index is 0.273. The molecule has 0 atom stereocenters. The Morgan fingerprint density at radius 3 is 2.75 bits per heavy atom. The van der Waals surface area contributed by atoms with Gasteiger partial charge in [-0.3, -0.25) is 4.68 Å². The van der Waals surface area contributed by atoms with Crippen molar-refractivity contribution in [3.8, 4) is 0 Å². The van der Waals surface area contributed by atoms with Gasteiger partial charge in [0.15, 0.2) is 0 Å². The number of halogens is 2. The first-order chi connectivity index (χ1) is 5.53. The predicted octanol–water partition coefficient (Wildman–Crippen LogP) is 2.91. The summed E-state index contributed by atoms with van der Waals surface area (Å²) in [6, 6.07) is 0. The van der Waals surface area contributed by atoms with Crippen molar-refractivity contribution in [2.24, 2.45) is 5.41 Å². The van der Waals surface area contributed by atoms with Crippen LogP contribution in [0, 0.1) is 8.99 Å². The Bertz CT molecular complexity index is 257. The monoisotopic (exact) mass is 342 g/mol. The van der Waals surface area contributed by atoms with E-state index in [2.05, 4.69) is 63.7 Å². The van der Waals surface area contributed by atoms with Gasteiger partial charge in [-0.15, -0.1) is 0 Å². The molecule has 0 saturated carbocycles. The fraction of sp³-hybridized carbons (Fsp3) is 0.625. The summed E-state index contributed by atoms with van der Waals surface area (Å²) in [5.74, 6) is 0. The molecule has 0 aromatic carbocycles. The van der Waals surface area contributed by atoms with Crippen LogP contribution in [0.2, 0.25) is 0 Å². The van der Waals surface area contributed by atoms with Crippen LogP contribution in [0.1, 0.15) is 13.8 Å². The van der Waals surface area contributed by atoms with E-state index < -0.39 is 0 Å². The standard InChI is InChI=1S/C8H12BrIN2/c1-8(2,5-9)6-12-4-7(10)3-11-12/h3-4H,5-6H2,1-2H3. The summed E-state index contributed by atoms with van der Waals surface area (Å²) in [6.07, 6.45) is 3.94. The van der Waals surface area contributed by atoms with Gasteiger partial charge in [-0.25, -0.2) is 0 Å². The molecule has 0 unspecified atom stereocenters. The average Bonchev–Trinajstić information content (AvgIpc) is 2.35. The van der Waals surface area contributed by atoms with Gasteiger partial charge in [0, 0.05) is 18.1 Å². The minimum Gasteiger partial charge on any atom is -0.271 e. The molecule has 1 aromatic rings. The largest absolute Gasteiger partial charge is 0.271 e. The van der Waals surface area contributed by atoms with E-state index in [1.807, 2.05) is 10.9 Å². The lowest BCUT2D eigenvalue weighted by atomic mass is 9.97. The molecule has 0 radical (unpaired) electrons. The van der Waals surface area contributed by atoms with Crippen LogP contribution >= 0.6 is 38.5 Å². The summed E-state index contributed by atoms with van der Waals surface area (Å²) in [5.41, 5.74) is 0.273. The molecule has 0 fully saturated rings. The lowest BCUT2D eigenvalue weighted by Gasteiger charge is -2.20. The lowest BCUT2D eigenvalue weighted by molar-refractivity contribution is 0.335. The lowest BCUT2D eigenvalue weighted by Crippen LogP contribution is -2.21. The molecular formula is C8H12BrIN2. The maximum absolute atomic E-state index is 4.24. The number of hydrogen-bond acceptors (Lipinski definition) is 1. The van der Waals surface area contributed by atoms with Gasteiger partial charge in [-0.2, -0.15) is 5.10 Å². The summed E-state index contributed by atoms with van der Waals surface area (Å²) in [4.78, 5) is 0. The van der Waals surface area contributed by atoms with Crippen LogP contribution in [-0.2, 0) is 6.54 Å². The fourth-order valence-electron chi connectivity index (χ4n) is 0.906. The molecule has 0 amide bonds. The molecule has 0 spiro atoms. The molecule has 2 nitrogen and oxygen atoms in total. The molecule has 68 valence electrons. The van der Waals surface area contributed by atoms with Crippen molar-refractivity contribution >= 4 is 38.5 Å². The first-order valence-electron chi connectivity index (χ1n) is 3.77. The first kappa shape index (κ1) is 10.5. The molecule has 0 N–H and O–H groups in total. The number of nitrogens with zero attached hydrogens (tertiary/aromatic N) is 2. The highest BCUT2D eigenvalue weighted by molar-refractivity contribution is 14.1. The molecular weight excluding hydrogens is 331 g/mol. The zero-order valence-electron chi connectivity index (χ0n) is 7.22. The Kier molecular flexibility index (Phi) is 3.58. The SMILES string of the molecule is CC(C)(CBr)Cn1cc(I)cn1. The van der Waals surface area contributed by atoms with Crippen LogP contribution in [0.5, 0.6) is 0 Å². The highest BCUT2D eigenvalue weighted by Crippen LogP contribution is 2.20. The second kappa shape index (κ2) is 4.09. The van der Waals surface area contributed by atoms with Crippen molar-refractivity contribution in [1.29, 1.82) is 0 Å². The van der Waals surface area contributed by atoms with Gasteiger partial charge in [-0.1, -0.05) is 29.8 Å². The van der Waals surface area contributed by atoms with Crippen LogP contribution < -0.4 is 0 Å². The molecule has 1 heterocycles. The zero-order chi connectivity index (χ0) is 9.19. The predicted molar refractivity (Wildman–Crippen MR) is 62.5 cm³/mol. The van der Waals surface area contributed by atoms with E-state index in [4.69, 9.17) is 0 Å². The van der Waals surface area contributed by atoms with Crippen molar-refractivity contribution in [3.05, 3.63) is 16.0 Å². The molecule has 12 heavy (non-hydrogen) atoms. The number of hydrogen-bond donors (Lipinski definition) is 0. The van der Waals surface area contributed by atoms with Crippen LogP contribution in [0.4, 0.5) is 0 Å². The van der Waals surface area contributed by atoms with E-state index in [0.29, 0.717) is 0 Å². The summed E-state index contributed by atoms with van der Waals surface area (Å²) in [7, 11) is 0. The summed E-state index contributed by atoms with van der Waals surface area (Å²) >= 11 is 5.76. The van der Waals surface area contributed by atoms with Gasteiger partial charge in [0.05, 0.1) is 9.77 Å². The van der Waals surface area contributed by atoms with Gasteiger partial charge in [0.1, 0.15) is 0 Å². The van der Waals surface area contributed by atoms with Crippen molar-refractivity contribution in [2.75, 3.05) is 5.33 Å². The Balaban J connectivity index is 2.63. The van der Waals surface area contributed by atoms with Crippen LogP contribution in [-0.4, -0.2) is 15.1 Å². The maximum atomic E-state index is 4.24. The zero-order valence-corrected chi connectivity index (χ0v) is 11.0. The smallest absolute Gasteiger partial charge is 0.0623 e. The molecule has 0 aliphatic heterocycles. The normalized spacial score (nSPS) is 12.0. The van der Waals surface area contributed by atoms with Gasteiger partial charge >= 0.3 is 0 Å². The first-order valence-corrected chi connectivity index (χ1v) is 5.97. The van der Waals surface area contributed by atoms with Gasteiger partial charge in [0.25, 0.3) is 0 Å². The molecule has 1 aromatic heterocycles. The highest BCUT2D eigenvalue weighted by atomic mass is 127. The van der Waals surface area contributed by atoms with Gasteiger partial charge < -0.3 is 0 Å². The molecule has 0 aliphatic rings. The van der Waals surface area contributed by atoms with E-state index in [1.165, 1.54) is 3.57 Å². The van der Waals surface area contributed by atoms with Crippen molar-refractivity contribution in [2.45, 2.75) is 20.4 Å². The van der Waals surface area contributed by atoms with Crippen molar-refractivity contribution in [3.63, 3.8) is 0 Å². The Morgan fingerprint density at radius 2 is 2.33 bits per heavy atom. The average molecular weight is 343 g/mol. The third kappa shape index (κ3) is 3.05. The van der Waals surface area contributed by atoms with Crippen LogP contribution in [0.15, 0.2) is 12.4 Å². The van der Waals surface area contributed by atoms with E-state index in [1.54, 1.807) is 0 Å². The van der Waals surface area contributed by atoms with Crippen LogP contribution in [0.3, 0.4) is 0 Å². The molecule has 0 bridgehead atoms. The minimum atomic E-state index is 0.273. The highest BCUT2D eigenvalue weighted by Gasteiger charge is 2.16. The van der Waals surface area contributed by atoms with Gasteiger partial charge in [-0.05, 0) is 28.0 Å². The second-order valence-corrected chi connectivity index (χ2v) is 5.46. The maximum Gasteiger partial charge on any atom is 0.0623 e. The van der Waals surface area contributed by atoms with E-state index in [9.17, 15) is 0 Å². The summed E-state index contributed by atoms with van der Waals surface area (Å²) in [6.45, 7) is 5.40. The van der Waals surface area contributed by atoms with Crippen molar-refractivity contribution < 1.29 is 0 Å². The Hall–Kier alpha value is 0.420. The molecule has 4 heteroatoms. The third-order valence-electron chi connectivity index (χ3n) is 1.55. The van der Waals surface area contributed by atoms with Crippen molar-refractivity contribution in [1.82, 2.24) is 9.78 Å². The van der Waals surface area contributed by atoms with Gasteiger partial charge in [0.2, 0.25) is 0 Å². The Labute approximate surface area is 95.0 Å². The molecule has 1 rings (SSSR count). The summed E-state index contributed by atoms with van der Waals surface area (Å²) in [5, 5.41) is 5.23. The number of aromatic nitrogens is 2. The van der Waals surface area contributed by atoms with E-state index in [-0.39, 0.29) is 5.41 Å².